The van der Waals surface area contributed by atoms with Crippen molar-refractivity contribution in [3.63, 3.8) is 0 Å². The van der Waals surface area contributed by atoms with Crippen LogP contribution in [-0.2, 0) is 16.2 Å². The number of rotatable bonds is 8. The minimum Gasteiger partial charge on any atom is -0.391 e. The first-order valence-electron chi connectivity index (χ1n) is 12.8. The van der Waals surface area contributed by atoms with Gasteiger partial charge < -0.3 is 10.0 Å². The maximum Gasteiger partial charge on any atom is 0.255 e. The molecule has 4 atom stereocenters. The minimum atomic E-state index is -0.900. The lowest BCUT2D eigenvalue weighted by Gasteiger charge is -2.48. The third-order valence-electron chi connectivity index (χ3n) is 7.19. The lowest BCUT2D eigenvalue weighted by Crippen LogP contribution is -2.55. The molecule has 2 aromatic carbocycles. The van der Waals surface area contributed by atoms with Crippen molar-refractivity contribution < 1.29 is 24.4 Å². The smallest absolute Gasteiger partial charge is 0.255 e. The van der Waals surface area contributed by atoms with Crippen LogP contribution in [0.15, 0.2) is 47.8 Å². The third-order valence-corrected chi connectivity index (χ3v) is 8.55. The van der Waals surface area contributed by atoms with Gasteiger partial charge in [-0.05, 0) is 42.2 Å². The first kappa shape index (κ1) is 28.4. The molecule has 210 valence electrons. The van der Waals surface area contributed by atoms with E-state index in [1.807, 2.05) is 0 Å². The highest BCUT2D eigenvalue weighted by Gasteiger charge is 2.49. The van der Waals surface area contributed by atoms with E-state index in [9.17, 15) is 19.6 Å². The van der Waals surface area contributed by atoms with Gasteiger partial charge in [-0.15, -0.1) is 0 Å². The summed E-state index contributed by atoms with van der Waals surface area (Å²) >= 11 is 14.1. The molecule has 3 N–H and O–H groups in total. The third kappa shape index (κ3) is 5.84. The van der Waals surface area contributed by atoms with Crippen molar-refractivity contribution in [2.45, 2.75) is 56.4 Å². The zero-order valence-electron chi connectivity index (χ0n) is 21.5. The van der Waals surface area contributed by atoms with Gasteiger partial charge >= 0.3 is 0 Å². The van der Waals surface area contributed by atoms with Crippen LogP contribution in [0.5, 0.6) is 0 Å². The SMILES string of the molecule is C[N+](=O)Nc1nc(CONC(=O)[C@@H]2c3ccccc3C(=O)N([C@H]3CCCCC3O)[C@H]2c2ccc(Cl)cc2Cl)cs1. The number of hydrogen-bond donors (Lipinski definition) is 3. The van der Waals surface area contributed by atoms with Gasteiger partial charge in [-0.1, -0.05) is 77.1 Å². The largest absolute Gasteiger partial charge is 0.391 e. The molecular formula is C27H28Cl2N5O5S+. The molecule has 2 amide bonds. The number of anilines is 1. The monoisotopic (exact) mass is 604 g/mol. The van der Waals surface area contributed by atoms with Crippen LogP contribution in [-0.4, -0.2) is 50.9 Å². The number of aliphatic hydroxyl groups is 1. The molecule has 10 nitrogen and oxygen atoms in total. The zero-order valence-corrected chi connectivity index (χ0v) is 23.9. The van der Waals surface area contributed by atoms with Crippen molar-refractivity contribution in [2.24, 2.45) is 0 Å². The van der Waals surface area contributed by atoms with E-state index in [0.29, 0.717) is 55.3 Å². The van der Waals surface area contributed by atoms with Gasteiger partial charge in [0.05, 0.1) is 34.7 Å². The Bertz CT molecular complexity index is 1440. The molecule has 2 aliphatic rings. The molecule has 1 aliphatic carbocycles. The number of benzene rings is 2. The maximum absolute atomic E-state index is 14.0. The van der Waals surface area contributed by atoms with E-state index < -0.39 is 30.0 Å². The topological polar surface area (TPSA) is 124 Å². The van der Waals surface area contributed by atoms with Gasteiger partial charge in [-0.2, -0.15) is 0 Å². The molecule has 1 aromatic heterocycles. The number of carbonyl (C=O) groups is 2. The van der Waals surface area contributed by atoms with Crippen molar-refractivity contribution in [3.8, 4) is 0 Å². The van der Waals surface area contributed by atoms with Gasteiger partial charge in [-0.25, -0.2) is 10.5 Å². The summed E-state index contributed by atoms with van der Waals surface area (Å²) in [5.74, 6) is -1.66. The highest BCUT2D eigenvalue weighted by atomic mass is 35.5. The van der Waals surface area contributed by atoms with Crippen LogP contribution in [0.4, 0.5) is 5.13 Å². The normalized spacial score (nSPS) is 22.5. The molecule has 0 spiro atoms. The van der Waals surface area contributed by atoms with Gasteiger partial charge in [0.1, 0.15) is 11.5 Å². The lowest BCUT2D eigenvalue weighted by atomic mass is 9.77. The van der Waals surface area contributed by atoms with Crippen LogP contribution in [0.3, 0.4) is 0 Å². The van der Waals surface area contributed by atoms with Gasteiger partial charge in [0.15, 0.2) is 0 Å². The van der Waals surface area contributed by atoms with Gasteiger partial charge in [0, 0.05) is 21.0 Å². The number of halogens is 2. The molecule has 0 saturated heterocycles. The van der Waals surface area contributed by atoms with Crippen molar-refractivity contribution in [3.05, 3.63) is 85.2 Å². The van der Waals surface area contributed by atoms with E-state index >= 15 is 0 Å². The van der Waals surface area contributed by atoms with E-state index in [1.165, 1.54) is 18.4 Å². The Balaban J connectivity index is 1.50. The second-order valence-corrected chi connectivity index (χ2v) is 11.5. The molecule has 13 heteroatoms. The summed E-state index contributed by atoms with van der Waals surface area (Å²) in [4.78, 5) is 51.1. The number of nitroso groups, excluding NO2 is 1. The summed E-state index contributed by atoms with van der Waals surface area (Å²) in [6.07, 6.45) is 2.13. The molecule has 40 heavy (non-hydrogen) atoms. The summed E-state index contributed by atoms with van der Waals surface area (Å²) in [5.41, 5.74) is 7.04. The van der Waals surface area contributed by atoms with E-state index in [-0.39, 0.29) is 12.5 Å². The van der Waals surface area contributed by atoms with Crippen LogP contribution in [0.25, 0.3) is 0 Å². The number of fused-ring (bicyclic) bond motifs is 1. The molecule has 1 unspecified atom stereocenters. The van der Waals surface area contributed by atoms with Crippen LogP contribution in [0.2, 0.25) is 10.0 Å². The van der Waals surface area contributed by atoms with Crippen molar-refractivity contribution in [1.29, 1.82) is 0 Å². The molecule has 0 bridgehead atoms. The Morgan fingerprint density at radius 2 is 1.98 bits per heavy atom. The first-order valence-corrected chi connectivity index (χ1v) is 14.5. The number of carbonyl (C=O) groups excluding carboxylic acids is 2. The van der Waals surface area contributed by atoms with Crippen LogP contribution < -0.4 is 10.9 Å². The predicted molar refractivity (Wildman–Crippen MR) is 151 cm³/mol. The number of aliphatic hydroxyl groups excluding tert-OH is 1. The van der Waals surface area contributed by atoms with Crippen molar-refractivity contribution in [2.75, 3.05) is 12.5 Å². The number of hydrogen-bond acceptors (Lipinski definition) is 7. The Kier molecular flexibility index (Phi) is 8.67. The van der Waals surface area contributed by atoms with Crippen molar-refractivity contribution in [1.82, 2.24) is 15.4 Å². The van der Waals surface area contributed by atoms with Crippen LogP contribution in [0.1, 0.15) is 64.8 Å². The number of aromatic nitrogens is 1. The van der Waals surface area contributed by atoms with Gasteiger partial charge in [0.2, 0.25) is 12.2 Å². The molecule has 2 heterocycles. The summed E-state index contributed by atoms with van der Waals surface area (Å²) < 4.78 is 0. The van der Waals surface area contributed by atoms with E-state index in [4.69, 9.17) is 28.0 Å². The second-order valence-electron chi connectivity index (χ2n) is 9.82. The molecule has 1 fully saturated rings. The number of amides is 2. The highest BCUT2D eigenvalue weighted by molar-refractivity contribution is 7.13. The van der Waals surface area contributed by atoms with E-state index in [0.717, 1.165) is 12.8 Å². The van der Waals surface area contributed by atoms with Gasteiger partial charge in [0.25, 0.3) is 11.8 Å². The fourth-order valence-electron chi connectivity index (χ4n) is 5.49. The highest BCUT2D eigenvalue weighted by Crippen LogP contribution is 2.47. The molecular weight excluding hydrogens is 577 g/mol. The van der Waals surface area contributed by atoms with Crippen LogP contribution in [0, 0.1) is 4.91 Å². The zero-order chi connectivity index (χ0) is 28.4. The number of nitrogens with zero attached hydrogens (tertiary/aromatic N) is 3. The number of nitrogens with one attached hydrogen (secondary N) is 2. The van der Waals surface area contributed by atoms with Crippen molar-refractivity contribution >= 4 is 51.5 Å². The lowest BCUT2D eigenvalue weighted by molar-refractivity contribution is -0.486. The molecule has 1 aliphatic heterocycles. The van der Waals surface area contributed by atoms with Gasteiger partial charge in [-0.3, -0.25) is 14.4 Å². The predicted octanol–water partition coefficient (Wildman–Crippen LogP) is 5.02. The van der Waals surface area contributed by atoms with E-state index in [1.54, 1.807) is 52.7 Å². The average Bonchev–Trinajstić information content (AvgIpc) is 3.35. The summed E-state index contributed by atoms with van der Waals surface area (Å²) in [5, 5.41) is 13.8. The van der Waals surface area contributed by atoms with E-state index in [2.05, 4.69) is 15.9 Å². The fraction of sp³-hybridized carbons (Fsp3) is 0.370. The molecule has 3 aromatic rings. The standard InChI is InChI=1S/C27H27Cl2N5O5S/c1-33(38)31-27-30-16(14-40-27)13-39-32-25(36)23-17-6-2-3-7-18(17)26(37)34(21-8-4-5-9-22(21)35)24(23)19-11-10-15(28)12-20(19)29/h2-3,6-7,10-12,14,21-24,35H,4-5,8-9,13H2,1H3,(H-,30,31,32,36,38)/p+1/t21-,22?,23+,24-/m0/s1. The Labute approximate surface area is 244 Å². The van der Waals surface area contributed by atoms with Crippen LogP contribution >= 0.6 is 34.5 Å². The quantitative estimate of drug-likeness (QED) is 0.244. The number of hydroxylamine groups is 1. The second kappa shape index (κ2) is 12.2. The summed E-state index contributed by atoms with van der Waals surface area (Å²) in [6.45, 7) is -0.0444. The number of hydrazine groups is 1. The fourth-order valence-corrected chi connectivity index (χ4v) is 6.73. The minimum absolute atomic E-state index is 0.0444. The Morgan fingerprint density at radius 3 is 2.73 bits per heavy atom. The average molecular weight is 606 g/mol. The number of thiazole rings is 1. The Hall–Kier alpha value is -3.09. The summed E-state index contributed by atoms with van der Waals surface area (Å²) in [7, 11) is 1.31. The molecule has 0 radical (unpaired) electrons. The molecule has 1 saturated carbocycles. The first-order chi connectivity index (χ1) is 19.2. The maximum atomic E-state index is 14.0. The summed E-state index contributed by atoms with van der Waals surface area (Å²) in [6, 6.07) is 10.6. The molecule has 5 rings (SSSR count). The Morgan fingerprint density at radius 1 is 1.20 bits per heavy atom.